The number of amides is 1. The Balaban J connectivity index is 2.10. The first-order chi connectivity index (χ1) is 10.2. The van der Waals surface area contributed by atoms with E-state index in [0.29, 0.717) is 11.5 Å². The van der Waals surface area contributed by atoms with Gasteiger partial charge in [-0.15, -0.1) is 23.1 Å². The molecular weight excluding hydrogens is 309 g/mol. The van der Waals surface area contributed by atoms with E-state index >= 15 is 0 Å². The zero-order chi connectivity index (χ0) is 15.1. The molecular formula is C15H16FNO2S2. The van der Waals surface area contributed by atoms with Crippen LogP contribution in [0.5, 0.6) is 0 Å². The summed E-state index contributed by atoms with van der Waals surface area (Å²) >= 11 is 2.92. The molecule has 0 bridgehead atoms. The van der Waals surface area contributed by atoms with E-state index in [1.807, 2.05) is 17.5 Å². The maximum Gasteiger partial charge on any atom is 0.230 e. The number of thioether (sulfide) groups is 1. The van der Waals surface area contributed by atoms with Crippen LogP contribution in [-0.4, -0.2) is 29.1 Å². The maximum absolute atomic E-state index is 13.0. The van der Waals surface area contributed by atoms with Crippen molar-refractivity contribution < 1.29 is 14.3 Å². The standard InChI is InChI=1S/C15H16FNO2S2/c16-12-5-3-11(4-6-12)15(13-2-1-8-21-13)17-14(19)10-20-9-7-18/h1-6,8,15,18H,7,9-10H2,(H,17,19)/t15-/m0/s1. The highest BCUT2D eigenvalue weighted by Gasteiger charge is 2.17. The van der Waals surface area contributed by atoms with E-state index < -0.39 is 0 Å². The summed E-state index contributed by atoms with van der Waals surface area (Å²) in [5.74, 6) is 0.432. The molecule has 1 atom stereocenters. The fourth-order valence-corrected chi connectivity index (χ4v) is 3.21. The van der Waals surface area contributed by atoms with Crippen molar-refractivity contribution in [2.24, 2.45) is 0 Å². The Morgan fingerprint density at radius 3 is 2.71 bits per heavy atom. The molecule has 0 saturated carbocycles. The number of hydrogen-bond acceptors (Lipinski definition) is 4. The van der Waals surface area contributed by atoms with Gasteiger partial charge in [0.05, 0.1) is 18.4 Å². The Bertz CT molecular complexity index is 558. The zero-order valence-electron chi connectivity index (χ0n) is 11.3. The van der Waals surface area contributed by atoms with Crippen molar-refractivity contribution in [2.75, 3.05) is 18.1 Å². The van der Waals surface area contributed by atoms with E-state index in [1.165, 1.54) is 23.9 Å². The zero-order valence-corrected chi connectivity index (χ0v) is 12.9. The molecule has 1 amide bonds. The minimum absolute atomic E-state index is 0.0598. The number of aliphatic hydroxyl groups is 1. The number of carbonyl (C=O) groups is 1. The van der Waals surface area contributed by atoms with Crippen LogP contribution in [0.25, 0.3) is 0 Å². The summed E-state index contributed by atoms with van der Waals surface area (Å²) in [6.07, 6.45) is 0. The molecule has 0 aliphatic carbocycles. The topological polar surface area (TPSA) is 49.3 Å². The monoisotopic (exact) mass is 325 g/mol. The van der Waals surface area contributed by atoms with Gasteiger partial charge in [-0.05, 0) is 29.1 Å². The van der Waals surface area contributed by atoms with Crippen molar-refractivity contribution in [1.29, 1.82) is 0 Å². The van der Waals surface area contributed by atoms with Gasteiger partial charge in [0.15, 0.2) is 0 Å². The van der Waals surface area contributed by atoms with Gasteiger partial charge in [-0.25, -0.2) is 4.39 Å². The highest BCUT2D eigenvalue weighted by Crippen LogP contribution is 2.26. The minimum Gasteiger partial charge on any atom is -0.396 e. The lowest BCUT2D eigenvalue weighted by atomic mass is 10.1. The lowest BCUT2D eigenvalue weighted by Gasteiger charge is -2.18. The molecule has 0 aliphatic rings. The number of thiophene rings is 1. The predicted molar refractivity (Wildman–Crippen MR) is 85.1 cm³/mol. The second kappa shape index (κ2) is 8.17. The number of hydrogen-bond donors (Lipinski definition) is 2. The first-order valence-electron chi connectivity index (χ1n) is 6.47. The van der Waals surface area contributed by atoms with Crippen molar-refractivity contribution in [1.82, 2.24) is 5.32 Å². The molecule has 0 saturated heterocycles. The van der Waals surface area contributed by atoms with Gasteiger partial charge in [0, 0.05) is 10.6 Å². The summed E-state index contributed by atoms with van der Waals surface area (Å²) in [5, 5.41) is 13.6. The molecule has 2 aromatic rings. The Kier molecular flexibility index (Phi) is 6.22. The summed E-state index contributed by atoms with van der Waals surface area (Å²) in [6, 6.07) is 9.74. The Morgan fingerprint density at radius 2 is 2.10 bits per heavy atom. The van der Waals surface area contributed by atoms with Crippen LogP contribution in [0.15, 0.2) is 41.8 Å². The Labute approximate surface area is 131 Å². The van der Waals surface area contributed by atoms with Crippen molar-refractivity contribution in [3.05, 3.63) is 58.0 Å². The molecule has 21 heavy (non-hydrogen) atoms. The van der Waals surface area contributed by atoms with Crippen molar-refractivity contribution in [2.45, 2.75) is 6.04 Å². The SMILES string of the molecule is O=C(CSCCO)N[C@@H](c1ccc(F)cc1)c1cccs1. The van der Waals surface area contributed by atoms with Crippen LogP contribution < -0.4 is 5.32 Å². The quantitative estimate of drug-likeness (QED) is 0.770. The Morgan fingerprint density at radius 1 is 1.33 bits per heavy atom. The van der Waals surface area contributed by atoms with E-state index in [4.69, 9.17) is 5.11 Å². The highest BCUT2D eigenvalue weighted by molar-refractivity contribution is 7.99. The summed E-state index contributed by atoms with van der Waals surface area (Å²) in [6.45, 7) is 0.0598. The van der Waals surface area contributed by atoms with Crippen LogP contribution in [0.1, 0.15) is 16.5 Å². The second-order valence-corrected chi connectivity index (χ2v) is 6.43. The van der Waals surface area contributed by atoms with Crippen LogP contribution >= 0.6 is 23.1 Å². The molecule has 3 nitrogen and oxygen atoms in total. The van der Waals surface area contributed by atoms with E-state index in [-0.39, 0.29) is 24.4 Å². The van der Waals surface area contributed by atoms with Crippen LogP contribution in [0, 0.1) is 5.82 Å². The van der Waals surface area contributed by atoms with Crippen LogP contribution in [0.2, 0.25) is 0 Å². The average Bonchev–Trinajstić information content (AvgIpc) is 3.00. The molecule has 0 aliphatic heterocycles. The molecule has 0 spiro atoms. The van der Waals surface area contributed by atoms with Crippen LogP contribution in [0.4, 0.5) is 4.39 Å². The third kappa shape index (κ3) is 4.84. The van der Waals surface area contributed by atoms with Gasteiger partial charge in [0.2, 0.25) is 5.91 Å². The minimum atomic E-state index is -0.298. The average molecular weight is 325 g/mol. The van der Waals surface area contributed by atoms with Crippen LogP contribution in [-0.2, 0) is 4.79 Å². The van der Waals surface area contributed by atoms with E-state index in [2.05, 4.69) is 5.32 Å². The summed E-state index contributed by atoms with van der Waals surface area (Å²) in [5.41, 5.74) is 0.847. The molecule has 1 aromatic heterocycles. The van der Waals surface area contributed by atoms with Gasteiger partial charge in [-0.1, -0.05) is 18.2 Å². The highest BCUT2D eigenvalue weighted by atomic mass is 32.2. The lowest BCUT2D eigenvalue weighted by molar-refractivity contribution is -0.119. The normalized spacial score (nSPS) is 12.1. The number of carbonyl (C=O) groups excluding carboxylic acids is 1. The van der Waals surface area contributed by atoms with Gasteiger partial charge in [-0.2, -0.15) is 0 Å². The fraction of sp³-hybridized carbons (Fsp3) is 0.267. The molecule has 6 heteroatoms. The van der Waals surface area contributed by atoms with Crippen molar-refractivity contribution in [3.8, 4) is 0 Å². The van der Waals surface area contributed by atoms with Gasteiger partial charge in [0.1, 0.15) is 5.82 Å². The molecule has 0 radical (unpaired) electrons. The van der Waals surface area contributed by atoms with Gasteiger partial charge >= 0.3 is 0 Å². The smallest absolute Gasteiger partial charge is 0.230 e. The first kappa shape index (κ1) is 16.0. The van der Waals surface area contributed by atoms with Crippen molar-refractivity contribution in [3.63, 3.8) is 0 Å². The molecule has 1 heterocycles. The maximum atomic E-state index is 13.0. The summed E-state index contributed by atoms with van der Waals surface area (Å²) in [7, 11) is 0. The fourth-order valence-electron chi connectivity index (χ4n) is 1.86. The second-order valence-electron chi connectivity index (χ2n) is 4.34. The number of halogens is 1. The van der Waals surface area contributed by atoms with E-state index in [1.54, 1.807) is 23.5 Å². The van der Waals surface area contributed by atoms with Gasteiger partial charge < -0.3 is 10.4 Å². The Hall–Kier alpha value is -1.37. The summed E-state index contributed by atoms with van der Waals surface area (Å²) in [4.78, 5) is 13.0. The number of nitrogens with one attached hydrogen (secondary N) is 1. The molecule has 112 valence electrons. The van der Waals surface area contributed by atoms with Gasteiger partial charge in [0.25, 0.3) is 0 Å². The van der Waals surface area contributed by atoms with Crippen molar-refractivity contribution >= 4 is 29.0 Å². The molecule has 2 rings (SSSR count). The summed E-state index contributed by atoms with van der Waals surface area (Å²) < 4.78 is 13.0. The van der Waals surface area contributed by atoms with Crippen LogP contribution in [0.3, 0.4) is 0 Å². The molecule has 0 unspecified atom stereocenters. The largest absolute Gasteiger partial charge is 0.396 e. The predicted octanol–water partition coefficient (Wildman–Crippen LogP) is 2.82. The lowest BCUT2D eigenvalue weighted by Crippen LogP contribution is -2.30. The number of rotatable bonds is 7. The number of aliphatic hydroxyl groups excluding tert-OH is 1. The molecule has 0 fully saturated rings. The molecule has 2 N–H and O–H groups in total. The third-order valence-corrected chi connectivity index (χ3v) is 4.68. The van der Waals surface area contributed by atoms with Gasteiger partial charge in [-0.3, -0.25) is 4.79 Å². The number of benzene rings is 1. The third-order valence-electron chi connectivity index (χ3n) is 2.81. The first-order valence-corrected chi connectivity index (χ1v) is 8.51. The van der Waals surface area contributed by atoms with E-state index in [9.17, 15) is 9.18 Å². The van der Waals surface area contributed by atoms with E-state index in [0.717, 1.165) is 10.4 Å². The molecule has 1 aromatic carbocycles.